The number of halogens is 2. The first-order valence-corrected chi connectivity index (χ1v) is 11.9. The quantitative estimate of drug-likeness (QED) is 0.189. The summed E-state index contributed by atoms with van der Waals surface area (Å²) in [4.78, 5) is 11.8. The van der Waals surface area contributed by atoms with Crippen molar-refractivity contribution in [3.8, 4) is 0 Å². The van der Waals surface area contributed by atoms with Crippen LogP contribution in [-0.2, 0) is 11.2 Å². The minimum atomic E-state index is -0.756. The molecule has 0 aliphatic rings. The molecule has 3 aromatic carbocycles. The van der Waals surface area contributed by atoms with E-state index in [4.69, 9.17) is 28.9 Å². The average Bonchev–Trinajstić information content (AvgIpc) is 2.80. The lowest BCUT2D eigenvalue weighted by Gasteiger charge is -2.15. The number of nitrogens with two attached hydrogens (primary N) is 1. The van der Waals surface area contributed by atoms with Gasteiger partial charge in [-0.15, -0.1) is 0 Å². The van der Waals surface area contributed by atoms with Gasteiger partial charge in [0.15, 0.2) is 0 Å². The fraction of sp³-hybridized carbons (Fsp3) is 0.346. The molecule has 0 aliphatic carbocycles. The molecule has 0 saturated carbocycles. The fourth-order valence-corrected chi connectivity index (χ4v) is 4.53. The first-order chi connectivity index (χ1) is 15.9. The van der Waals surface area contributed by atoms with Crippen molar-refractivity contribution in [3.63, 3.8) is 0 Å². The number of hydrogen-bond acceptors (Lipinski definition) is 4. The van der Waals surface area contributed by atoms with Gasteiger partial charge in [0.1, 0.15) is 0 Å². The molecule has 3 aromatic rings. The van der Waals surface area contributed by atoms with Gasteiger partial charge in [-0.25, -0.2) is 0 Å². The highest BCUT2D eigenvalue weighted by Gasteiger charge is 2.17. The number of aryl methyl sites for hydroxylation is 1. The SMILES string of the molecule is Nc1c(Cl)cc(C(O)CNCCCCC(CCc2cccc3ccccc23)C(=O)O)cc1Cl. The molecule has 0 amide bonds. The molecule has 2 unspecified atom stereocenters. The molecule has 0 radical (unpaired) electrons. The van der Waals surface area contributed by atoms with Crippen LogP contribution in [0.4, 0.5) is 5.69 Å². The number of carboxylic acid groups (broad SMARTS) is 1. The van der Waals surface area contributed by atoms with Gasteiger partial charge < -0.3 is 21.3 Å². The molecule has 176 valence electrons. The number of rotatable bonds is 12. The van der Waals surface area contributed by atoms with Gasteiger partial charge in [-0.1, -0.05) is 72.1 Å². The summed E-state index contributed by atoms with van der Waals surface area (Å²) in [5.41, 5.74) is 7.82. The van der Waals surface area contributed by atoms with Crippen LogP contribution < -0.4 is 11.1 Å². The zero-order chi connectivity index (χ0) is 23.8. The van der Waals surface area contributed by atoms with E-state index in [1.807, 2.05) is 18.2 Å². The Bertz CT molecular complexity index is 1060. The van der Waals surface area contributed by atoms with E-state index in [-0.39, 0.29) is 5.92 Å². The monoisotopic (exact) mass is 488 g/mol. The predicted molar refractivity (Wildman–Crippen MR) is 136 cm³/mol. The zero-order valence-electron chi connectivity index (χ0n) is 18.4. The third-order valence-electron chi connectivity index (χ3n) is 5.97. The van der Waals surface area contributed by atoms with Gasteiger partial charge in [-0.2, -0.15) is 0 Å². The minimum Gasteiger partial charge on any atom is -0.481 e. The van der Waals surface area contributed by atoms with E-state index in [9.17, 15) is 15.0 Å². The predicted octanol–water partition coefficient (Wildman–Crippen LogP) is 5.86. The van der Waals surface area contributed by atoms with Crippen molar-refractivity contribution < 1.29 is 15.0 Å². The number of unbranched alkanes of at least 4 members (excludes halogenated alkanes) is 1. The van der Waals surface area contributed by atoms with Crippen molar-refractivity contribution in [2.24, 2.45) is 5.92 Å². The Morgan fingerprint density at radius 2 is 1.70 bits per heavy atom. The molecule has 0 aromatic heterocycles. The molecule has 0 saturated heterocycles. The van der Waals surface area contributed by atoms with Crippen LogP contribution in [0.2, 0.25) is 10.0 Å². The zero-order valence-corrected chi connectivity index (χ0v) is 19.9. The number of nitrogen functional groups attached to an aromatic ring is 1. The number of aliphatic carboxylic acids is 1. The Morgan fingerprint density at radius 3 is 2.42 bits per heavy atom. The number of aliphatic hydroxyl groups is 1. The van der Waals surface area contributed by atoms with Crippen LogP contribution >= 0.6 is 23.2 Å². The van der Waals surface area contributed by atoms with Crippen LogP contribution in [0.15, 0.2) is 54.6 Å². The number of fused-ring (bicyclic) bond motifs is 1. The van der Waals surface area contributed by atoms with Gasteiger partial charge in [0, 0.05) is 6.54 Å². The number of benzene rings is 3. The van der Waals surface area contributed by atoms with E-state index in [0.29, 0.717) is 47.2 Å². The molecular formula is C26H30Cl2N2O3. The summed E-state index contributed by atoms with van der Waals surface area (Å²) in [5, 5.41) is 26.2. The molecule has 7 heteroatoms. The van der Waals surface area contributed by atoms with Crippen LogP contribution in [0.1, 0.15) is 42.9 Å². The van der Waals surface area contributed by atoms with Gasteiger partial charge in [0.25, 0.3) is 0 Å². The second-order valence-electron chi connectivity index (χ2n) is 8.33. The minimum absolute atomic E-state index is 0.302. The molecule has 0 bridgehead atoms. The number of nitrogens with one attached hydrogen (secondary N) is 1. The standard InChI is InChI=1S/C26H30Cl2N2O3/c27-22-14-20(15-23(28)25(22)29)24(31)16-30-13-4-3-7-19(26(32)33)12-11-18-9-5-8-17-6-1-2-10-21(17)18/h1-2,5-6,8-10,14-15,19,24,30-31H,3-4,7,11-13,16,29H2,(H,32,33). The highest BCUT2D eigenvalue weighted by atomic mass is 35.5. The second-order valence-corrected chi connectivity index (χ2v) is 9.14. The summed E-state index contributed by atoms with van der Waals surface area (Å²) >= 11 is 12.1. The lowest BCUT2D eigenvalue weighted by atomic mass is 9.92. The van der Waals surface area contributed by atoms with Crippen LogP contribution in [-0.4, -0.2) is 29.3 Å². The van der Waals surface area contributed by atoms with E-state index in [2.05, 4.69) is 29.6 Å². The van der Waals surface area contributed by atoms with E-state index in [0.717, 1.165) is 19.3 Å². The lowest BCUT2D eigenvalue weighted by Crippen LogP contribution is -2.23. The average molecular weight is 489 g/mol. The van der Waals surface area contributed by atoms with Crippen LogP contribution in [0.25, 0.3) is 10.8 Å². The van der Waals surface area contributed by atoms with Crippen molar-refractivity contribution in [1.82, 2.24) is 5.32 Å². The van der Waals surface area contributed by atoms with Gasteiger partial charge in [0.2, 0.25) is 0 Å². The summed E-state index contributed by atoms with van der Waals surface area (Å²) in [6.45, 7) is 1.03. The Labute approximate surface area is 204 Å². The van der Waals surface area contributed by atoms with Crippen LogP contribution in [0.3, 0.4) is 0 Å². The van der Waals surface area contributed by atoms with E-state index >= 15 is 0 Å². The van der Waals surface area contributed by atoms with Crippen LogP contribution in [0.5, 0.6) is 0 Å². The van der Waals surface area contributed by atoms with Crippen molar-refractivity contribution >= 4 is 45.6 Å². The van der Waals surface area contributed by atoms with E-state index in [1.165, 1.54) is 16.3 Å². The molecular weight excluding hydrogens is 459 g/mol. The molecule has 2 atom stereocenters. The maximum absolute atomic E-state index is 11.8. The van der Waals surface area contributed by atoms with Crippen molar-refractivity contribution in [2.75, 3.05) is 18.8 Å². The van der Waals surface area contributed by atoms with Crippen molar-refractivity contribution in [1.29, 1.82) is 0 Å². The van der Waals surface area contributed by atoms with Gasteiger partial charge in [-0.3, -0.25) is 4.79 Å². The number of carbonyl (C=O) groups is 1. The Balaban J connectivity index is 1.40. The summed E-state index contributed by atoms with van der Waals surface area (Å²) in [5.74, 6) is -1.11. The maximum Gasteiger partial charge on any atom is 0.306 e. The van der Waals surface area contributed by atoms with Crippen LogP contribution in [0, 0.1) is 5.92 Å². The molecule has 0 aliphatic heterocycles. The van der Waals surface area contributed by atoms with Crippen molar-refractivity contribution in [2.45, 2.75) is 38.2 Å². The van der Waals surface area contributed by atoms with E-state index in [1.54, 1.807) is 12.1 Å². The molecule has 33 heavy (non-hydrogen) atoms. The van der Waals surface area contributed by atoms with Gasteiger partial charge in [-0.05, 0) is 66.3 Å². The molecule has 5 nitrogen and oxygen atoms in total. The topological polar surface area (TPSA) is 95.6 Å². The smallest absolute Gasteiger partial charge is 0.306 e. The number of anilines is 1. The number of aliphatic hydroxyl groups excluding tert-OH is 1. The maximum atomic E-state index is 11.8. The number of carboxylic acids is 1. The summed E-state index contributed by atoms with van der Waals surface area (Å²) in [7, 11) is 0. The van der Waals surface area contributed by atoms with E-state index < -0.39 is 12.1 Å². The fourth-order valence-electron chi connectivity index (χ4n) is 4.03. The molecule has 5 N–H and O–H groups in total. The molecule has 0 heterocycles. The highest BCUT2D eigenvalue weighted by molar-refractivity contribution is 6.38. The first kappa shape index (κ1) is 25.3. The second kappa shape index (κ2) is 12.2. The number of hydrogen-bond donors (Lipinski definition) is 4. The summed E-state index contributed by atoms with van der Waals surface area (Å²) in [6, 6.07) is 17.6. The van der Waals surface area contributed by atoms with Crippen molar-refractivity contribution in [3.05, 3.63) is 75.8 Å². The van der Waals surface area contributed by atoms with Gasteiger partial charge in [0.05, 0.1) is 27.8 Å². The van der Waals surface area contributed by atoms with Gasteiger partial charge >= 0.3 is 5.97 Å². The Morgan fingerprint density at radius 1 is 1.00 bits per heavy atom. The highest BCUT2D eigenvalue weighted by Crippen LogP contribution is 2.31. The first-order valence-electron chi connectivity index (χ1n) is 11.2. The Kier molecular flexibility index (Phi) is 9.39. The largest absolute Gasteiger partial charge is 0.481 e. The third kappa shape index (κ3) is 7.08. The lowest BCUT2D eigenvalue weighted by molar-refractivity contribution is -0.142. The summed E-state index contributed by atoms with van der Waals surface area (Å²) < 4.78 is 0. The Hall–Kier alpha value is -2.31. The molecule has 3 rings (SSSR count). The molecule has 0 fully saturated rings. The normalized spacial score (nSPS) is 13.2. The summed E-state index contributed by atoms with van der Waals surface area (Å²) in [6.07, 6.45) is 2.87. The third-order valence-corrected chi connectivity index (χ3v) is 6.60. The molecule has 0 spiro atoms.